The van der Waals surface area contributed by atoms with Crippen molar-refractivity contribution in [3.8, 4) is 0 Å². The van der Waals surface area contributed by atoms with Gasteiger partial charge in [0.2, 0.25) is 17.7 Å². The molecule has 10 nitrogen and oxygen atoms in total. The van der Waals surface area contributed by atoms with Crippen LogP contribution in [0.15, 0.2) is 85.2 Å². The van der Waals surface area contributed by atoms with Gasteiger partial charge in [0.25, 0.3) is 5.91 Å². The highest BCUT2D eigenvalue weighted by Gasteiger charge is 2.29. The number of carbonyl (C=O) groups is 4. The number of nitrogens with two attached hydrogens (primary N) is 2. The molecule has 3 rings (SSSR count). The summed E-state index contributed by atoms with van der Waals surface area (Å²) < 4.78 is 0. The first-order valence-corrected chi connectivity index (χ1v) is 12.8. The molecule has 0 bridgehead atoms. The monoisotopic (exact) mass is 530 g/mol. The molecule has 4 amide bonds. The number of carbonyl (C=O) groups excluding carboxylic acids is 4. The van der Waals surface area contributed by atoms with Crippen molar-refractivity contribution in [2.24, 2.45) is 11.5 Å². The molecule has 1 heterocycles. The van der Waals surface area contributed by atoms with E-state index in [4.69, 9.17) is 11.5 Å². The summed E-state index contributed by atoms with van der Waals surface area (Å²) in [6, 6.07) is 17.6. The molecule has 0 fully saturated rings. The van der Waals surface area contributed by atoms with Gasteiger partial charge in [-0.3, -0.25) is 24.2 Å². The van der Waals surface area contributed by atoms with Gasteiger partial charge in [-0.2, -0.15) is 0 Å². The van der Waals surface area contributed by atoms with Crippen LogP contribution in [0.3, 0.4) is 0 Å². The van der Waals surface area contributed by atoms with Crippen LogP contribution < -0.4 is 27.4 Å². The fourth-order valence-electron chi connectivity index (χ4n) is 4.04. The molecule has 2 aromatic carbocycles. The molecule has 0 saturated heterocycles. The molecule has 0 aliphatic heterocycles. The minimum Gasteiger partial charge on any atom is -0.368 e. The van der Waals surface area contributed by atoms with Gasteiger partial charge in [-0.05, 0) is 55.1 Å². The second-order valence-electron chi connectivity index (χ2n) is 9.06. The summed E-state index contributed by atoms with van der Waals surface area (Å²) in [4.78, 5) is 56.0. The van der Waals surface area contributed by atoms with Crippen molar-refractivity contribution >= 4 is 23.6 Å². The minimum absolute atomic E-state index is 0.156. The Morgan fingerprint density at radius 2 is 1.44 bits per heavy atom. The second kappa shape index (κ2) is 15.0. The van der Waals surface area contributed by atoms with Gasteiger partial charge >= 0.3 is 0 Å². The van der Waals surface area contributed by atoms with Crippen LogP contribution >= 0.6 is 0 Å². The first-order chi connectivity index (χ1) is 18.9. The largest absolute Gasteiger partial charge is 0.368 e. The molecule has 10 heteroatoms. The van der Waals surface area contributed by atoms with Crippen molar-refractivity contribution in [1.29, 1.82) is 0 Å². The number of benzene rings is 2. The summed E-state index contributed by atoms with van der Waals surface area (Å²) in [6.07, 6.45) is 4.86. The van der Waals surface area contributed by atoms with Gasteiger partial charge in [0.05, 0.1) is 0 Å². The molecule has 0 unspecified atom stereocenters. The molecule has 3 atom stereocenters. The molecule has 1 aromatic heterocycles. The van der Waals surface area contributed by atoms with Gasteiger partial charge in [0.15, 0.2) is 0 Å². The average molecular weight is 531 g/mol. The molecule has 0 aliphatic rings. The molecule has 0 aliphatic carbocycles. The van der Waals surface area contributed by atoms with Crippen LogP contribution in [0.5, 0.6) is 0 Å². The molecule has 204 valence electrons. The number of amides is 4. The van der Waals surface area contributed by atoms with E-state index in [1.165, 1.54) is 0 Å². The first-order valence-electron chi connectivity index (χ1n) is 12.8. The summed E-state index contributed by atoms with van der Waals surface area (Å²) in [5.74, 6) is -2.28. The molecule has 3 aromatic rings. The van der Waals surface area contributed by atoms with Crippen LogP contribution in [0.2, 0.25) is 0 Å². The normalized spacial score (nSPS) is 12.9. The number of pyridine rings is 1. The third kappa shape index (κ3) is 9.04. The molecule has 0 radical (unpaired) electrons. The van der Waals surface area contributed by atoms with Crippen molar-refractivity contribution in [3.05, 3.63) is 102 Å². The van der Waals surface area contributed by atoms with Gasteiger partial charge in [-0.25, -0.2) is 0 Å². The van der Waals surface area contributed by atoms with Crippen molar-refractivity contribution in [1.82, 2.24) is 20.9 Å². The Bertz CT molecular complexity index is 1220. The van der Waals surface area contributed by atoms with Crippen molar-refractivity contribution < 1.29 is 19.2 Å². The van der Waals surface area contributed by atoms with E-state index in [2.05, 4.69) is 20.9 Å². The number of unbranched alkanes of at least 4 members (excludes halogenated alkanes) is 1. The molecular formula is C29H34N6O4. The number of nitrogens with zero attached hydrogens (tertiary/aromatic N) is 1. The number of nitrogens with one attached hydrogen (secondary N) is 3. The van der Waals surface area contributed by atoms with E-state index in [9.17, 15) is 19.2 Å². The maximum atomic E-state index is 13.5. The quantitative estimate of drug-likeness (QED) is 0.197. The minimum atomic E-state index is -1.07. The SMILES string of the molecule is NCCCC[C@H](NC(=O)[C@H](Cc1cccnc1)NC(=O)c1ccccc1)C(=O)N[C@H](C(N)=O)c1ccccc1. The highest BCUT2D eigenvalue weighted by molar-refractivity contribution is 5.98. The van der Waals surface area contributed by atoms with Gasteiger partial charge in [-0.1, -0.05) is 54.6 Å². The van der Waals surface area contributed by atoms with Gasteiger partial charge < -0.3 is 27.4 Å². The van der Waals surface area contributed by atoms with E-state index >= 15 is 0 Å². The molecule has 0 spiro atoms. The van der Waals surface area contributed by atoms with Crippen molar-refractivity contribution in [3.63, 3.8) is 0 Å². The van der Waals surface area contributed by atoms with Gasteiger partial charge in [0, 0.05) is 24.4 Å². The highest BCUT2D eigenvalue weighted by atomic mass is 16.2. The standard InChI is InChI=1S/C29H34N6O4/c30-16-8-7-15-23(28(38)35-25(26(31)36)21-11-3-1-4-12-21)33-29(39)24(18-20-10-9-17-32-19-20)34-27(37)22-13-5-2-6-14-22/h1-6,9-14,17,19,23-25H,7-8,15-16,18,30H2,(H2,31,36)(H,33,39)(H,34,37)(H,35,38)/t23-,24-,25-/m0/s1. The number of primary amides is 1. The first kappa shape index (κ1) is 29.0. The van der Waals surface area contributed by atoms with Crippen LogP contribution in [0.1, 0.15) is 46.8 Å². The topological polar surface area (TPSA) is 169 Å². The average Bonchev–Trinajstić information content (AvgIpc) is 2.96. The zero-order valence-corrected chi connectivity index (χ0v) is 21.6. The fourth-order valence-corrected chi connectivity index (χ4v) is 4.04. The van der Waals surface area contributed by atoms with E-state index < -0.39 is 41.8 Å². The van der Waals surface area contributed by atoms with Crippen molar-refractivity contribution in [2.75, 3.05) is 6.54 Å². The summed E-state index contributed by atoms with van der Waals surface area (Å²) >= 11 is 0. The van der Waals surface area contributed by atoms with E-state index in [1.807, 2.05) is 0 Å². The van der Waals surface area contributed by atoms with E-state index in [-0.39, 0.29) is 12.8 Å². The van der Waals surface area contributed by atoms with Gasteiger partial charge in [0.1, 0.15) is 18.1 Å². The van der Waals surface area contributed by atoms with E-state index in [1.54, 1.807) is 85.2 Å². The Morgan fingerprint density at radius 3 is 2.05 bits per heavy atom. The maximum Gasteiger partial charge on any atom is 0.251 e. The molecular weight excluding hydrogens is 496 g/mol. The summed E-state index contributed by atoms with van der Waals surface area (Å²) in [7, 11) is 0. The lowest BCUT2D eigenvalue weighted by Gasteiger charge is -2.25. The van der Waals surface area contributed by atoms with Crippen LogP contribution in [-0.4, -0.2) is 47.2 Å². The van der Waals surface area contributed by atoms with Crippen molar-refractivity contribution in [2.45, 2.75) is 43.8 Å². The Hall–Kier alpha value is -4.57. The zero-order valence-electron chi connectivity index (χ0n) is 21.6. The maximum absolute atomic E-state index is 13.5. The van der Waals surface area contributed by atoms with Crippen LogP contribution in [0.4, 0.5) is 0 Å². The Morgan fingerprint density at radius 1 is 0.769 bits per heavy atom. The summed E-state index contributed by atoms with van der Waals surface area (Å²) in [6.45, 7) is 0.424. The lowest BCUT2D eigenvalue weighted by atomic mass is 10.0. The Kier molecular flexibility index (Phi) is 11.1. The number of hydrogen-bond acceptors (Lipinski definition) is 6. The summed E-state index contributed by atoms with van der Waals surface area (Å²) in [5.41, 5.74) is 12.9. The predicted octanol–water partition coefficient (Wildman–Crippen LogP) is 1.38. The van der Waals surface area contributed by atoms with Crippen LogP contribution in [-0.2, 0) is 20.8 Å². The smallest absolute Gasteiger partial charge is 0.251 e. The lowest BCUT2D eigenvalue weighted by molar-refractivity contribution is -0.132. The molecule has 0 saturated carbocycles. The Labute approximate surface area is 227 Å². The fraction of sp³-hybridized carbons (Fsp3) is 0.276. The van der Waals surface area contributed by atoms with E-state index in [0.29, 0.717) is 30.5 Å². The third-order valence-corrected chi connectivity index (χ3v) is 6.10. The number of rotatable bonds is 14. The highest BCUT2D eigenvalue weighted by Crippen LogP contribution is 2.14. The predicted molar refractivity (Wildman–Crippen MR) is 147 cm³/mol. The molecule has 39 heavy (non-hydrogen) atoms. The number of hydrogen-bond donors (Lipinski definition) is 5. The number of aromatic nitrogens is 1. The van der Waals surface area contributed by atoms with E-state index in [0.717, 1.165) is 5.56 Å². The second-order valence-corrected chi connectivity index (χ2v) is 9.06. The van der Waals surface area contributed by atoms with Crippen LogP contribution in [0, 0.1) is 0 Å². The molecule has 7 N–H and O–H groups in total. The summed E-state index contributed by atoms with van der Waals surface area (Å²) in [5, 5.41) is 8.21. The zero-order chi connectivity index (χ0) is 28.0. The Balaban J connectivity index is 1.80. The lowest BCUT2D eigenvalue weighted by Crippen LogP contribution is -2.55. The van der Waals surface area contributed by atoms with Gasteiger partial charge in [-0.15, -0.1) is 0 Å². The van der Waals surface area contributed by atoms with Crippen LogP contribution in [0.25, 0.3) is 0 Å². The third-order valence-electron chi connectivity index (χ3n) is 6.10.